The average molecular weight is 161 g/mol. The molecule has 0 bridgehead atoms. The van der Waals surface area contributed by atoms with Crippen LogP contribution in [0.4, 0.5) is 0 Å². The Kier molecular flexibility index (Phi) is 9.68. The Morgan fingerprint density at radius 3 is 2.18 bits per heavy atom. The van der Waals surface area contributed by atoms with Crippen molar-refractivity contribution in [1.82, 2.24) is 0 Å². The number of carbonyl (C=O) groups is 2. The predicted molar refractivity (Wildman–Crippen MR) is 38.7 cm³/mol. The van der Waals surface area contributed by atoms with Gasteiger partial charge in [-0.2, -0.15) is 0 Å². The molecule has 0 unspecified atom stereocenters. The van der Waals surface area contributed by atoms with E-state index in [4.69, 9.17) is 15.6 Å². The van der Waals surface area contributed by atoms with E-state index in [1.54, 1.807) is 0 Å². The van der Waals surface area contributed by atoms with Crippen molar-refractivity contribution in [3.63, 3.8) is 0 Å². The highest BCUT2D eigenvalue weighted by atomic mass is 16.5. The van der Waals surface area contributed by atoms with Crippen molar-refractivity contribution in [2.75, 3.05) is 6.54 Å². The lowest BCUT2D eigenvalue weighted by Gasteiger charge is -1.89. The van der Waals surface area contributed by atoms with Crippen molar-refractivity contribution in [2.24, 2.45) is 5.73 Å². The van der Waals surface area contributed by atoms with Gasteiger partial charge in [-0.3, -0.25) is 9.59 Å². The van der Waals surface area contributed by atoms with E-state index in [1.807, 2.05) is 0 Å². The average Bonchev–Trinajstić information content (AvgIpc) is 1.87. The molecule has 5 heteroatoms. The molecule has 0 radical (unpaired) electrons. The second kappa shape index (κ2) is 8.64. The summed E-state index contributed by atoms with van der Waals surface area (Å²) in [5.74, 6) is -1.30. The van der Waals surface area contributed by atoms with Gasteiger partial charge in [0.15, 0.2) is 0 Å². The van der Waals surface area contributed by atoms with Crippen LogP contribution < -0.4 is 5.73 Å². The van der Waals surface area contributed by atoms with Gasteiger partial charge in [0.2, 0.25) is 0 Å². The zero-order chi connectivity index (χ0) is 9.28. The molecule has 0 aromatic rings. The lowest BCUT2D eigenvalue weighted by atomic mass is 10.7. The van der Waals surface area contributed by atoms with Crippen molar-refractivity contribution in [3.8, 4) is 0 Å². The van der Waals surface area contributed by atoms with Crippen molar-refractivity contribution < 1.29 is 19.4 Å². The van der Waals surface area contributed by atoms with Crippen LogP contribution in [0.15, 0.2) is 12.8 Å². The SMILES string of the molecule is C=COC(=O)CN.CC(=O)O. The van der Waals surface area contributed by atoms with Crippen LogP contribution >= 0.6 is 0 Å². The number of ether oxygens (including phenoxy) is 1. The second-order valence-corrected chi connectivity index (χ2v) is 1.38. The number of hydrogen-bond donors (Lipinski definition) is 2. The number of carboxylic acids is 1. The Bertz CT molecular complexity index is 140. The fraction of sp³-hybridized carbons (Fsp3) is 0.333. The minimum absolute atomic E-state index is 0.0913. The fourth-order valence-electron chi connectivity index (χ4n) is 0.141. The maximum Gasteiger partial charge on any atom is 0.324 e. The van der Waals surface area contributed by atoms with E-state index in [0.29, 0.717) is 0 Å². The molecule has 0 atom stereocenters. The molecule has 0 spiro atoms. The summed E-state index contributed by atoms with van der Waals surface area (Å²) in [5.41, 5.74) is 4.84. The number of hydrogen-bond acceptors (Lipinski definition) is 4. The Balaban J connectivity index is 0. The van der Waals surface area contributed by atoms with Gasteiger partial charge in [0.05, 0.1) is 12.8 Å². The van der Waals surface area contributed by atoms with E-state index in [-0.39, 0.29) is 6.54 Å². The molecule has 11 heavy (non-hydrogen) atoms. The molecule has 0 aliphatic heterocycles. The molecule has 0 aliphatic rings. The van der Waals surface area contributed by atoms with Crippen LogP contribution in [0, 0.1) is 0 Å². The van der Waals surface area contributed by atoms with Gasteiger partial charge in [-0.1, -0.05) is 6.58 Å². The van der Waals surface area contributed by atoms with E-state index in [2.05, 4.69) is 11.3 Å². The fourth-order valence-corrected chi connectivity index (χ4v) is 0.141. The number of rotatable bonds is 2. The molecule has 3 N–H and O–H groups in total. The van der Waals surface area contributed by atoms with Gasteiger partial charge in [-0.25, -0.2) is 0 Å². The highest BCUT2D eigenvalue weighted by molar-refractivity contribution is 5.71. The zero-order valence-electron chi connectivity index (χ0n) is 6.24. The molecule has 0 saturated carbocycles. The van der Waals surface area contributed by atoms with Gasteiger partial charge in [0.25, 0.3) is 5.97 Å². The quantitative estimate of drug-likeness (QED) is 0.429. The number of esters is 1. The van der Waals surface area contributed by atoms with E-state index >= 15 is 0 Å². The number of nitrogens with two attached hydrogens (primary N) is 1. The largest absolute Gasteiger partial charge is 0.481 e. The molecule has 5 nitrogen and oxygen atoms in total. The number of aliphatic carboxylic acids is 1. The van der Waals surface area contributed by atoms with E-state index < -0.39 is 11.9 Å². The van der Waals surface area contributed by atoms with Gasteiger partial charge in [-0.05, 0) is 0 Å². The van der Waals surface area contributed by atoms with Crippen LogP contribution in [0.3, 0.4) is 0 Å². The Morgan fingerprint density at radius 2 is 2.09 bits per heavy atom. The first-order valence-electron chi connectivity index (χ1n) is 2.74. The standard InChI is InChI=1S/C4H7NO2.C2H4O2/c1-2-7-4(6)3-5;1-2(3)4/h2H,1,3,5H2;1H3,(H,3,4). The minimum Gasteiger partial charge on any atom is -0.481 e. The molecule has 0 amide bonds. The van der Waals surface area contributed by atoms with E-state index in [9.17, 15) is 4.79 Å². The smallest absolute Gasteiger partial charge is 0.324 e. The van der Waals surface area contributed by atoms with Crippen molar-refractivity contribution >= 4 is 11.9 Å². The third-order valence-electron chi connectivity index (χ3n) is 0.381. The third-order valence-corrected chi connectivity index (χ3v) is 0.381. The van der Waals surface area contributed by atoms with Crippen LogP contribution in [0.5, 0.6) is 0 Å². The second-order valence-electron chi connectivity index (χ2n) is 1.38. The van der Waals surface area contributed by atoms with Crippen molar-refractivity contribution in [2.45, 2.75) is 6.92 Å². The van der Waals surface area contributed by atoms with Crippen molar-refractivity contribution in [1.29, 1.82) is 0 Å². The van der Waals surface area contributed by atoms with Crippen LogP contribution in [0.25, 0.3) is 0 Å². The van der Waals surface area contributed by atoms with E-state index in [0.717, 1.165) is 13.2 Å². The Labute approximate surface area is 64.5 Å². The summed E-state index contributed by atoms with van der Waals surface area (Å²) in [5, 5.41) is 7.42. The highest BCUT2D eigenvalue weighted by Gasteiger charge is 1.90. The molecule has 0 fully saturated rings. The maximum atomic E-state index is 9.99. The van der Waals surface area contributed by atoms with Gasteiger partial charge in [-0.15, -0.1) is 0 Å². The summed E-state index contributed by atoms with van der Waals surface area (Å²) < 4.78 is 4.19. The van der Waals surface area contributed by atoms with Gasteiger partial charge in [0.1, 0.15) is 0 Å². The molecule has 0 saturated heterocycles. The van der Waals surface area contributed by atoms with E-state index in [1.165, 1.54) is 0 Å². The summed E-state index contributed by atoms with van der Waals surface area (Å²) in [7, 11) is 0. The Hall–Kier alpha value is -1.36. The molecule has 0 heterocycles. The topological polar surface area (TPSA) is 89.6 Å². The van der Waals surface area contributed by atoms with Crippen LogP contribution in [-0.4, -0.2) is 23.6 Å². The van der Waals surface area contributed by atoms with Gasteiger partial charge in [0, 0.05) is 6.92 Å². The third kappa shape index (κ3) is 28.8. The minimum atomic E-state index is -0.833. The summed E-state index contributed by atoms with van der Waals surface area (Å²) in [6.07, 6.45) is 1.05. The molecule has 0 aromatic carbocycles. The van der Waals surface area contributed by atoms with Crippen LogP contribution in [0.2, 0.25) is 0 Å². The molecular weight excluding hydrogens is 150 g/mol. The lowest BCUT2D eigenvalue weighted by Crippen LogP contribution is -2.13. The zero-order valence-corrected chi connectivity index (χ0v) is 6.24. The maximum absolute atomic E-state index is 9.99. The molecular formula is C6H11NO4. The first-order valence-corrected chi connectivity index (χ1v) is 2.74. The van der Waals surface area contributed by atoms with Crippen LogP contribution in [-0.2, 0) is 14.3 Å². The summed E-state index contributed by atoms with van der Waals surface area (Å²) in [6, 6.07) is 0. The molecule has 0 aliphatic carbocycles. The van der Waals surface area contributed by atoms with Gasteiger partial charge < -0.3 is 15.6 Å². The highest BCUT2D eigenvalue weighted by Crippen LogP contribution is 1.70. The number of carbonyl (C=O) groups excluding carboxylic acids is 1. The first kappa shape index (κ1) is 12.3. The molecule has 0 rings (SSSR count). The molecule has 64 valence electrons. The first-order chi connectivity index (χ1) is 5.04. The lowest BCUT2D eigenvalue weighted by molar-refractivity contribution is -0.136. The van der Waals surface area contributed by atoms with Crippen LogP contribution in [0.1, 0.15) is 6.92 Å². The summed E-state index contributed by atoms with van der Waals surface area (Å²) in [6.45, 7) is 4.14. The predicted octanol–water partition coefficient (Wildman–Crippen LogP) is -0.277. The number of carboxylic acid groups (broad SMARTS) is 1. The monoisotopic (exact) mass is 161 g/mol. The summed E-state index contributed by atoms with van der Waals surface area (Å²) in [4.78, 5) is 19.0. The van der Waals surface area contributed by atoms with Gasteiger partial charge >= 0.3 is 5.97 Å². The van der Waals surface area contributed by atoms with Crippen molar-refractivity contribution in [3.05, 3.63) is 12.8 Å². The summed E-state index contributed by atoms with van der Waals surface area (Å²) >= 11 is 0. The Morgan fingerprint density at radius 1 is 1.73 bits per heavy atom. The normalized spacial score (nSPS) is 7.09. The molecule has 0 aromatic heterocycles.